The fraction of sp³-hybridized carbons (Fsp3) is 0.677. The zero-order valence-corrected chi connectivity index (χ0v) is 22.2. The van der Waals surface area contributed by atoms with Gasteiger partial charge < -0.3 is 0 Å². The molecule has 0 bridgehead atoms. The second kappa shape index (κ2) is 18.3. The topological polar surface area (TPSA) is 0 Å². The Morgan fingerprint density at radius 2 is 1.48 bits per heavy atom. The van der Waals surface area contributed by atoms with E-state index in [1.807, 2.05) is 0 Å². The van der Waals surface area contributed by atoms with E-state index in [0.717, 1.165) is 30.6 Å². The van der Waals surface area contributed by atoms with Gasteiger partial charge in [0.25, 0.3) is 0 Å². The van der Waals surface area contributed by atoms with Gasteiger partial charge in [0.15, 0.2) is 0 Å². The average Bonchev–Trinajstić information content (AvgIpc) is 2.73. The van der Waals surface area contributed by atoms with Crippen LogP contribution in [0.1, 0.15) is 130 Å². The van der Waals surface area contributed by atoms with E-state index in [2.05, 4.69) is 85.9 Å². The number of aryl methyl sites for hydroxylation is 1. The first-order valence-electron chi connectivity index (χ1n) is 13.1. The quantitative estimate of drug-likeness (QED) is 0.326. The molecule has 1 aliphatic rings. The first-order chi connectivity index (χ1) is 14.7. The Balaban J connectivity index is 0.000000439. The molecule has 0 saturated carbocycles. The second-order valence-electron chi connectivity index (χ2n) is 10.1. The van der Waals surface area contributed by atoms with Gasteiger partial charge in [-0.1, -0.05) is 102 Å². The Labute approximate surface area is 196 Å². The highest BCUT2D eigenvalue weighted by Crippen LogP contribution is 2.30. The van der Waals surface area contributed by atoms with Gasteiger partial charge in [-0.3, -0.25) is 0 Å². The molecule has 0 heterocycles. The highest BCUT2D eigenvalue weighted by molar-refractivity contribution is 5.31. The third kappa shape index (κ3) is 15.2. The molecule has 0 heteroatoms. The highest BCUT2D eigenvalue weighted by Gasteiger charge is 2.14. The minimum absolute atomic E-state index is 0.792. The first kappa shape index (κ1) is 29.7. The number of hydrogen-bond donors (Lipinski definition) is 0. The lowest BCUT2D eigenvalue weighted by atomic mass is 9.84. The number of allylic oxidation sites excluding steroid dienone is 2. The maximum absolute atomic E-state index is 3.82. The summed E-state index contributed by atoms with van der Waals surface area (Å²) in [7, 11) is 0. The number of fused-ring (bicyclic) bond motifs is 1. The molecule has 0 aliphatic heterocycles. The van der Waals surface area contributed by atoms with Gasteiger partial charge in [-0.25, -0.2) is 0 Å². The van der Waals surface area contributed by atoms with Gasteiger partial charge in [0.2, 0.25) is 0 Å². The van der Waals surface area contributed by atoms with E-state index in [1.165, 1.54) is 68.9 Å². The number of rotatable bonds is 10. The third-order valence-electron chi connectivity index (χ3n) is 6.60. The predicted octanol–water partition coefficient (Wildman–Crippen LogP) is 10.7. The highest BCUT2D eigenvalue weighted by atomic mass is 14.2. The number of unbranched alkanes of at least 4 members (excludes halogenated alkanes) is 1. The zero-order valence-electron chi connectivity index (χ0n) is 22.2. The van der Waals surface area contributed by atoms with Crippen molar-refractivity contribution >= 4 is 0 Å². The molecule has 31 heavy (non-hydrogen) atoms. The lowest BCUT2D eigenvalue weighted by Crippen LogP contribution is -2.07. The maximum atomic E-state index is 3.82. The van der Waals surface area contributed by atoms with Crippen LogP contribution in [0.15, 0.2) is 48.6 Å². The minimum atomic E-state index is 0.792. The van der Waals surface area contributed by atoms with Crippen molar-refractivity contribution in [3.8, 4) is 0 Å². The summed E-state index contributed by atoms with van der Waals surface area (Å²) in [5.74, 6) is 2.67. The van der Waals surface area contributed by atoms with Crippen LogP contribution in [0.4, 0.5) is 0 Å². The lowest BCUT2D eigenvalue weighted by molar-refractivity contribution is 0.333. The summed E-state index contributed by atoms with van der Waals surface area (Å²) in [6, 6.07) is 8.85. The van der Waals surface area contributed by atoms with E-state index in [4.69, 9.17) is 0 Å². The normalized spacial score (nSPS) is 16.5. The van der Waals surface area contributed by atoms with Crippen molar-refractivity contribution in [3.63, 3.8) is 0 Å². The molecule has 1 aromatic rings. The second-order valence-corrected chi connectivity index (χ2v) is 10.1. The molecule has 1 aromatic carbocycles. The Bertz CT molecular complexity index is 580. The van der Waals surface area contributed by atoms with Gasteiger partial charge in [-0.05, 0) is 81.3 Å². The first-order valence-corrected chi connectivity index (χ1v) is 13.1. The molecule has 0 N–H and O–H groups in total. The van der Waals surface area contributed by atoms with Crippen molar-refractivity contribution in [1.82, 2.24) is 0 Å². The summed E-state index contributed by atoms with van der Waals surface area (Å²) in [5, 5.41) is 0. The van der Waals surface area contributed by atoms with Crippen LogP contribution in [0, 0.1) is 11.8 Å². The van der Waals surface area contributed by atoms with E-state index < -0.39 is 0 Å². The van der Waals surface area contributed by atoms with Crippen LogP contribution in [0.3, 0.4) is 0 Å². The predicted molar refractivity (Wildman–Crippen MR) is 144 cm³/mol. The van der Waals surface area contributed by atoms with Crippen molar-refractivity contribution in [2.45, 2.75) is 125 Å². The van der Waals surface area contributed by atoms with Crippen LogP contribution in [0.2, 0.25) is 0 Å². The summed E-state index contributed by atoms with van der Waals surface area (Å²) in [4.78, 5) is 0. The molecule has 0 spiro atoms. The summed E-state index contributed by atoms with van der Waals surface area (Å²) in [6.45, 7) is 23.5. The molecule has 0 saturated heterocycles. The monoisotopic (exact) mass is 426 g/mol. The largest absolute Gasteiger partial charge is 0.100 e. The molecule has 0 aromatic heterocycles. The van der Waals surface area contributed by atoms with Gasteiger partial charge in [0.05, 0.1) is 0 Å². The van der Waals surface area contributed by atoms with Gasteiger partial charge in [0, 0.05) is 0 Å². The van der Waals surface area contributed by atoms with E-state index in [-0.39, 0.29) is 0 Å². The van der Waals surface area contributed by atoms with Gasteiger partial charge >= 0.3 is 0 Å². The summed E-state index contributed by atoms with van der Waals surface area (Å²) in [6.07, 6.45) is 14.5. The Hall–Kier alpha value is -1.30. The fourth-order valence-corrected chi connectivity index (χ4v) is 4.24. The van der Waals surface area contributed by atoms with Crippen LogP contribution < -0.4 is 0 Å². The van der Waals surface area contributed by atoms with Gasteiger partial charge in [-0.15, -0.1) is 13.2 Å². The third-order valence-corrected chi connectivity index (χ3v) is 6.60. The number of benzene rings is 1. The van der Waals surface area contributed by atoms with Crippen LogP contribution in [-0.2, 0) is 6.42 Å². The van der Waals surface area contributed by atoms with Crippen LogP contribution >= 0.6 is 0 Å². The van der Waals surface area contributed by atoms with E-state index in [0.29, 0.717) is 0 Å². The lowest BCUT2D eigenvalue weighted by Gasteiger charge is -2.21. The van der Waals surface area contributed by atoms with Crippen molar-refractivity contribution in [2.75, 3.05) is 0 Å². The van der Waals surface area contributed by atoms with Crippen molar-refractivity contribution in [2.24, 2.45) is 11.8 Å². The maximum Gasteiger partial charge on any atom is -0.0188 e. The average molecular weight is 427 g/mol. The Kier molecular flexibility index (Phi) is 17.5. The molecule has 0 amide bonds. The van der Waals surface area contributed by atoms with Crippen molar-refractivity contribution in [1.29, 1.82) is 0 Å². The Morgan fingerprint density at radius 3 is 2.00 bits per heavy atom. The van der Waals surface area contributed by atoms with E-state index >= 15 is 0 Å². The van der Waals surface area contributed by atoms with Crippen LogP contribution in [0.5, 0.6) is 0 Å². The SMILES string of the molecule is C=C(C)CCCC(=C)C.CC1CCCc2ccccc21.CCCCC(C)C(C)CCC. The van der Waals surface area contributed by atoms with Crippen LogP contribution in [-0.4, -0.2) is 0 Å². The van der Waals surface area contributed by atoms with E-state index in [1.54, 1.807) is 11.1 Å². The molecule has 178 valence electrons. The van der Waals surface area contributed by atoms with Crippen molar-refractivity contribution < 1.29 is 0 Å². The fourth-order valence-electron chi connectivity index (χ4n) is 4.24. The minimum Gasteiger partial charge on any atom is -0.100 e. The standard InChI is InChI=1S/C11H14.C11H24.C9H16/c1-9-5-4-7-10-6-2-3-8-11(9)10;1-5-7-9-11(4)10(3)8-6-2;1-8(2)6-5-7-9(3)4/h2-3,6,8-9H,4-5,7H2,1H3;10-11H,5-9H2,1-4H3;1,3,5-7H2,2,4H3. The Morgan fingerprint density at radius 1 is 0.903 bits per heavy atom. The summed E-state index contributed by atoms with van der Waals surface area (Å²) < 4.78 is 0. The molecule has 0 fully saturated rings. The summed E-state index contributed by atoms with van der Waals surface area (Å²) >= 11 is 0. The van der Waals surface area contributed by atoms with Crippen molar-refractivity contribution in [3.05, 3.63) is 59.7 Å². The van der Waals surface area contributed by atoms with Gasteiger partial charge in [0.1, 0.15) is 0 Å². The van der Waals surface area contributed by atoms with Crippen LogP contribution in [0.25, 0.3) is 0 Å². The molecule has 0 radical (unpaired) electrons. The van der Waals surface area contributed by atoms with E-state index in [9.17, 15) is 0 Å². The molecule has 2 rings (SSSR count). The summed E-state index contributed by atoms with van der Waals surface area (Å²) in [5.41, 5.74) is 5.71. The smallest absolute Gasteiger partial charge is 0.0188 e. The molecule has 1 aliphatic carbocycles. The molecular weight excluding hydrogens is 372 g/mol. The number of hydrogen-bond acceptors (Lipinski definition) is 0. The molecule has 0 nitrogen and oxygen atoms in total. The zero-order chi connectivity index (χ0) is 23.6. The molecule has 3 unspecified atom stereocenters. The van der Waals surface area contributed by atoms with Gasteiger partial charge in [-0.2, -0.15) is 0 Å². The molecular formula is C31H54. The molecule has 3 atom stereocenters.